The molecule has 3 N–H and O–H groups in total. The van der Waals surface area contributed by atoms with Crippen molar-refractivity contribution >= 4 is 41.0 Å². The van der Waals surface area contributed by atoms with Crippen molar-refractivity contribution in [2.24, 2.45) is 11.8 Å². The number of hydrogen-bond donors (Lipinski definition) is 3. The van der Waals surface area contributed by atoms with Crippen LogP contribution in [0.1, 0.15) is 44.7 Å². The van der Waals surface area contributed by atoms with E-state index >= 15 is 0 Å². The van der Waals surface area contributed by atoms with Gasteiger partial charge in [0.1, 0.15) is 5.54 Å². The standard InChI is InChI=1S/C21H24ClN3O5/c1-9-11(22)6-5-10-16(9)23-19(30)21(10)15-14(12(24-21)7-8-13(26)27)17(28)25(18(15)29)20(2,3)4/h5-6,12,14-15,24H,7-8H2,1-4H3,(H,23,30)(H,26,27). The fraction of sp³-hybridized carbons (Fsp3) is 0.524. The van der Waals surface area contributed by atoms with Crippen LogP contribution in [0.15, 0.2) is 12.1 Å². The van der Waals surface area contributed by atoms with Gasteiger partial charge in [0.15, 0.2) is 0 Å². The maximum absolute atomic E-state index is 13.5. The summed E-state index contributed by atoms with van der Waals surface area (Å²) in [6.07, 6.45) is -0.0491. The van der Waals surface area contributed by atoms with E-state index in [4.69, 9.17) is 16.7 Å². The van der Waals surface area contributed by atoms with Crippen molar-refractivity contribution in [2.45, 2.75) is 57.7 Å². The fourth-order valence-corrected chi connectivity index (χ4v) is 5.34. The van der Waals surface area contributed by atoms with E-state index in [1.807, 2.05) is 0 Å². The van der Waals surface area contributed by atoms with Gasteiger partial charge in [0.2, 0.25) is 17.7 Å². The van der Waals surface area contributed by atoms with E-state index in [0.717, 1.165) is 0 Å². The van der Waals surface area contributed by atoms with Gasteiger partial charge < -0.3 is 10.4 Å². The van der Waals surface area contributed by atoms with Crippen molar-refractivity contribution in [2.75, 3.05) is 5.32 Å². The summed E-state index contributed by atoms with van der Waals surface area (Å²) in [7, 11) is 0. The molecule has 30 heavy (non-hydrogen) atoms. The lowest BCUT2D eigenvalue weighted by atomic mass is 9.76. The van der Waals surface area contributed by atoms with Gasteiger partial charge in [-0.3, -0.25) is 29.4 Å². The molecule has 2 saturated heterocycles. The molecule has 3 amide bonds. The Kier molecular flexibility index (Phi) is 4.52. The number of amides is 3. The van der Waals surface area contributed by atoms with Gasteiger partial charge in [0.25, 0.3) is 0 Å². The lowest BCUT2D eigenvalue weighted by molar-refractivity contribution is -0.148. The number of carbonyl (C=O) groups excluding carboxylic acids is 3. The van der Waals surface area contributed by atoms with E-state index in [1.165, 1.54) is 4.90 Å². The number of likely N-dealkylation sites (tertiary alicyclic amines) is 1. The average molecular weight is 434 g/mol. The average Bonchev–Trinajstić information content (AvgIpc) is 3.21. The summed E-state index contributed by atoms with van der Waals surface area (Å²) in [6.45, 7) is 7.08. The molecule has 9 heteroatoms. The largest absolute Gasteiger partial charge is 0.481 e. The van der Waals surface area contributed by atoms with Gasteiger partial charge in [0.05, 0.1) is 17.5 Å². The first-order chi connectivity index (χ1) is 13.9. The molecule has 0 aromatic heterocycles. The number of rotatable bonds is 3. The molecule has 4 unspecified atom stereocenters. The van der Waals surface area contributed by atoms with E-state index in [9.17, 15) is 19.2 Å². The highest BCUT2D eigenvalue weighted by atomic mass is 35.5. The topological polar surface area (TPSA) is 116 Å². The van der Waals surface area contributed by atoms with Crippen molar-refractivity contribution in [1.82, 2.24) is 10.2 Å². The molecule has 1 aromatic rings. The van der Waals surface area contributed by atoms with E-state index in [1.54, 1.807) is 39.8 Å². The number of hydrogen-bond acceptors (Lipinski definition) is 5. The number of anilines is 1. The van der Waals surface area contributed by atoms with Crippen molar-refractivity contribution in [3.8, 4) is 0 Å². The molecular formula is C21H24ClN3O5. The van der Waals surface area contributed by atoms with Crippen molar-refractivity contribution in [3.05, 3.63) is 28.3 Å². The quantitative estimate of drug-likeness (QED) is 0.628. The Balaban J connectivity index is 1.89. The highest BCUT2D eigenvalue weighted by Crippen LogP contribution is 2.55. The minimum atomic E-state index is -1.44. The number of nitrogens with one attached hydrogen (secondary N) is 2. The zero-order chi connectivity index (χ0) is 22.2. The number of benzene rings is 1. The SMILES string of the molecule is Cc1c(Cl)ccc2c1NC(=O)C21NC(CCC(=O)O)C2C(=O)N(C(C)(C)C)C(=O)C21. The molecule has 0 radical (unpaired) electrons. The Morgan fingerprint density at radius 3 is 2.50 bits per heavy atom. The molecule has 3 aliphatic rings. The van der Waals surface area contributed by atoms with E-state index in [-0.39, 0.29) is 18.7 Å². The summed E-state index contributed by atoms with van der Waals surface area (Å²) in [5.41, 5.74) is -0.418. The van der Waals surface area contributed by atoms with Gasteiger partial charge in [-0.05, 0) is 45.7 Å². The monoisotopic (exact) mass is 433 g/mol. The predicted molar refractivity (Wildman–Crippen MR) is 109 cm³/mol. The Morgan fingerprint density at radius 1 is 1.23 bits per heavy atom. The van der Waals surface area contributed by atoms with Crippen LogP contribution in [-0.4, -0.2) is 45.3 Å². The Labute approximate surface area is 178 Å². The zero-order valence-corrected chi connectivity index (χ0v) is 18.0. The van der Waals surface area contributed by atoms with Gasteiger partial charge in [-0.15, -0.1) is 0 Å². The summed E-state index contributed by atoms with van der Waals surface area (Å²) >= 11 is 6.23. The molecule has 3 aliphatic heterocycles. The van der Waals surface area contributed by atoms with Crippen LogP contribution in [0.5, 0.6) is 0 Å². The normalized spacial score (nSPS) is 30.1. The second kappa shape index (κ2) is 6.52. The highest BCUT2D eigenvalue weighted by molar-refractivity contribution is 6.32. The summed E-state index contributed by atoms with van der Waals surface area (Å²) in [4.78, 5) is 52.6. The van der Waals surface area contributed by atoms with E-state index in [0.29, 0.717) is 21.8 Å². The second-order valence-electron chi connectivity index (χ2n) is 9.23. The highest BCUT2D eigenvalue weighted by Gasteiger charge is 2.71. The minimum absolute atomic E-state index is 0.129. The lowest BCUT2D eigenvalue weighted by Gasteiger charge is -2.34. The minimum Gasteiger partial charge on any atom is -0.481 e. The van der Waals surface area contributed by atoms with Gasteiger partial charge in [0, 0.05) is 28.6 Å². The number of nitrogens with zero attached hydrogens (tertiary/aromatic N) is 1. The van der Waals surface area contributed by atoms with Crippen LogP contribution in [0.3, 0.4) is 0 Å². The van der Waals surface area contributed by atoms with Gasteiger partial charge in [-0.25, -0.2) is 0 Å². The number of imide groups is 1. The number of carboxylic acid groups (broad SMARTS) is 1. The number of fused-ring (bicyclic) bond motifs is 4. The van der Waals surface area contributed by atoms with Gasteiger partial charge >= 0.3 is 5.97 Å². The molecule has 1 aromatic carbocycles. The lowest BCUT2D eigenvalue weighted by Crippen LogP contribution is -2.55. The first-order valence-electron chi connectivity index (χ1n) is 9.89. The van der Waals surface area contributed by atoms with Crippen LogP contribution in [0.4, 0.5) is 5.69 Å². The third-order valence-corrected chi connectivity index (χ3v) is 6.83. The molecule has 0 aliphatic carbocycles. The molecule has 8 nitrogen and oxygen atoms in total. The third-order valence-electron chi connectivity index (χ3n) is 6.42. The van der Waals surface area contributed by atoms with Gasteiger partial charge in [-0.1, -0.05) is 17.7 Å². The second-order valence-corrected chi connectivity index (χ2v) is 9.63. The van der Waals surface area contributed by atoms with Crippen molar-refractivity contribution in [3.63, 3.8) is 0 Å². The molecular weight excluding hydrogens is 410 g/mol. The van der Waals surface area contributed by atoms with Crippen LogP contribution in [-0.2, 0) is 24.7 Å². The van der Waals surface area contributed by atoms with E-state index < -0.39 is 46.7 Å². The summed E-state index contributed by atoms with van der Waals surface area (Å²) in [6, 6.07) is 2.74. The number of carboxylic acids is 1. The molecule has 0 saturated carbocycles. The van der Waals surface area contributed by atoms with Crippen LogP contribution < -0.4 is 10.6 Å². The molecule has 4 rings (SSSR count). The predicted octanol–water partition coefficient (Wildman–Crippen LogP) is 2.03. The maximum Gasteiger partial charge on any atom is 0.303 e. The van der Waals surface area contributed by atoms with Crippen molar-refractivity contribution < 1.29 is 24.3 Å². The number of aliphatic carboxylic acids is 1. The molecule has 0 bridgehead atoms. The first-order valence-corrected chi connectivity index (χ1v) is 10.3. The fourth-order valence-electron chi connectivity index (χ4n) is 5.18. The summed E-state index contributed by atoms with van der Waals surface area (Å²) in [5, 5.41) is 15.7. The molecule has 160 valence electrons. The maximum atomic E-state index is 13.5. The van der Waals surface area contributed by atoms with Crippen LogP contribution >= 0.6 is 11.6 Å². The smallest absolute Gasteiger partial charge is 0.303 e. The van der Waals surface area contributed by atoms with Gasteiger partial charge in [-0.2, -0.15) is 0 Å². The van der Waals surface area contributed by atoms with Crippen LogP contribution in [0.25, 0.3) is 0 Å². The van der Waals surface area contributed by atoms with Crippen molar-refractivity contribution in [1.29, 1.82) is 0 Å². The van der Waals surface area contributed by atoms with Crippen LogP contribution in [0.2, 0.25) is 5.02 Å². The Morgan fingerprint density at radius 2 is 1.90 bits per heavy atom. The van der Waals surface area contributed by atoms with E-state index in [2.05, 4.69) is 10.6 Å². The first kappa shape index (κ1) is 20.8. The zero-order valence-electron chi connectivity index (χ0n) is 17.2. The molecule has 2 fully saturated rings. The Bertz CT molecular complexity index is 1000. The summed E-state index contributed by atoms with van der Waals surface area (Å²) in [5.74, 6) is -3.98. The molecule has 3 heterocycles. The molecule has 1 spiro atoms. The summed E-state index contributed by atoms with van der Waals surface area (Å²) < 4.78 is 0. The number of carbonyl (C=O) groups is 4. The number of halogens is 1. The Hall–Kier alpha value is -2.45. The van der Waals surface area contributed by atoms with Crippen LogP contribution in [0, 0.1) is 18.8 Å². The molecule has 4 atom stereocenters. The third kappa shape index (κ3) is 2.63.